The summed E-state index contributed by atoms with van der Waals surface area (Å²) in [5.41, 5.74) is 2.85. The van der Waals surface area contributed by atoms with Crippen molar-refractivity contribution in [3.05, 3.63) is 39.8 Å². The number of aromatic nitrogens is 1. The molecule has 0 atom stereocenters. The van der Waals surface area contributed by atoms with E-state index in [-0.39, 0.29) is 0 Å². The molecular formula is C17H20BrN3O. The quantitative estimate of drug-likeness (QED) is 0.746. The average Bonchev–Trinajstić information content (AvgIpc) is 2.90. The summed E-state index contributed by atoms with van der Waals surface area (Å²) >= 11 is 3.56. The largest absolute Gasteiger partial charge is 0.381 e. The highest BCUT2D eigenvalue weighted by atomic mass is 79.9. The lowest BCUT2D eigenvalue weighted by Gasteiger charge is -2.37. The molecule has 3 heterocycles. The van der Waals surface area contributed by atoms with E-state index in [1.54, 1.807) is 0 Å². The first-order valence-electron chi connectivity index (χ1n) is 7.68. The first kappa shape index (κ1) is 15.4. The molecule has 0 unspecified atom stereocenters. The molecule has 3 rings (SSSR count). The highest BCUT2D eigenvalue weighted by Crippen LogP contribution is 2.35. The van der Waals surface area contributed by atoms with Crippen molar-refractivity contribution in [3.63, 3.8) is 0 Å². The van der Waals surface area contributed by atoms with Gasteiger partial charge in [0.05, 0.1) is 6.57 Å². The van der Waals surface area contributed by atoms with Crippen LogP contribution in [-0.2, 0) is 4.74 Å². The van der Waals surface area contributed by atoms with Gasteiger partial charge in [0.1, 0.15) is 5.82 Å². The molecule has 116 valence electrons. The number of pyridine rings is 1. The number of ether oxygens (including phenoxy) is 1. The minimum Gasteiger partial charge on any atom is -0.381 e. The van der Waals surface area contributed by atoms with Crippen molar-refractivity contribution in [1.29, 1.82) is 0 Å². The summed E-state index contributed by atoms with van der Waals surface area (Å²) < 4.78 is 8.75. The van der Waals surface area contributed by atoms with Gasteiger partial charge in [0.25, 0.3) is 0 Å². The van der Waals surface area contributed by atoms with Gasteiger partial charge in [-0.3, -0.25) is 0 Å². The summed E-state index contributed by atoms with van der Waals surface area (Å²) in [5, 5.41) is 0. The van der Waals surface area contributed by atoms with Crippen molar-refractivity contribution in [3.8, 4) is 0 Å². The van der Waals surface area contributed by atoms with Gasteiger partial charge in [-0.1, -0.05) is 0 Å². The Hall–Kier alpha value is -1.51. The monoisotopic (exact) mass is 361 g/mol. The SMILES string of the molecule is [C-]#[N+]c1cc2cc(Br)cn2c(N(CC)C2CCOCC2)c1C. The third kappa shape index (κ3) is 2.62. The number of anilines is 1. The number of nitrogens with zero attached hydrogens (tertiary/aromatic N) is 3. The fourth-order valence-electron chi connectivity index (χ4n) is 3.33. The molecule has 0 N–H and O–H groups in total. The smallest absolute Gasteiger partial charge is 0.195 e. The number of hydrogen-bond acceptors (Lipinski definition) is 2. The fraction of sp³-hybridized carbons (Fsp3) is 0.471. The van der Waals surface area contributed by atoms with Gasteiger partial charge < -0.3 is 14.0 Å². The van der Waals surface area contributed by atoms with Gasteiger partial charge in [-0.25, -0.2) is 4.85 Å². The van der Waals surface area contributed by atoms with E-state index in [1.807, 2.05) is 6.07 Å². The molecule has 1 aliphatic heterocycles. The van der Waals surface area contributed by atoms with E-state index >= 15 is 0 Å². The van der Waals surface area contributed by atoms with Crippen molar-refractivity contribution in [2.45, 2.75) is 32.7 Å². The average molecular weight is 362 g/mol. The third-order valence-corrected chi connectivity index (χ3v) is 4.85. The molecule has 1 saturated heterocycles. The Kier molecular flexibility index (Phi) is 4.42. The highest BCUT2D eigenvalue weighted by molar-refractivity contribution is 9.10. The molecule has 1 fully saturated rings. The van der Waals surface area contributed by atoms with Gasteiger partial charge >= 0.3 is 0 Å². The first-order valence-corrected chi connectivity index (χ1v) is 8.48. The van der Waals surface area contributed by atoms with Crippen molar-refractivity contribution in [1.82, 2.24) is 4.40 Å². The van der Waals surface area contributed by atoms with Gasteiger partial charge in [-0.15, -0.1) is 0 Å². The van der Waals surface area contributed by atoms with Crippen molar-refractivity contribution < 1.29 is 4.74 Å². The lowest BCUT2D eigenvalue weighted by Crippen LogP contribution is -2.40. The molecule has 22 heavy (non-hydrogen) atoms. The van der Waals surface area contributed by atoms with Gasteiger partial charge in [0.2, 0.25) is 0 Å². The Morgan fingerprint density at radius 3 is 2.77 bits per heavy atom. The van der Waals surface area contributed by atoms with Crippen molar-refractivity contribution >= 4 is 33.0 Å². The van der Waals surface area contributed by atoms with Crippen LogP contribution in [0.3, 0.4) is 0 Å². The molecule has 0 aromatic carbocycles. The van der Waals surface area contributed by atoms with Crippen LogP contribution in [0.15, 0.2) is 22.8 Å². The van der Waals surface area contributed by atoms with Gasteiger partial charge in [0, 0.05) is 42.0 Å². The third-order valence-electron chi connectivity index (χ3n) is 4.41. The predicted molar refractivity (Wildman–Crippen MR) is 93.0 cm³/mol. The van der Waals surface area contributed by atoms with Gasteiger partial charge in [0.15, 0.2) is 5.69 Å². The van der Waals surface area contributed by atoms with Crippen LogP contribution in [0, 0.1) is 13.5 Å². The Labute approximate surface area is 139 Å². The van der Waals surface area contributed by atoms with E-state index < -0.39 is 0 Å². The van der Waals surface area contributed by atoms with Crippen LogP contribution in [0.2, 0.25) is 0 Å². The van der Waals surface area contributed by atoms with Gasteiger partial charge in [-0.2, -0.15) is 0 Å². The van der Waals surface area contributed by atoms with E-state index in [0.29, 0.717) is 6.04 Å². The van der Waals surface area contributed by atoms with Gasteiger partial charge in [-0.05, 0) is 60.3 Å². The van der Waals surface area contributed by atoms with E-state index in [9.17, 15) is 0 Å². The number of hydrogen-bond donors (Lipinski definition) is 0. The van der Waals surface area contributed by atoms with Crippen molar-refractivity contribution in [2.75, 3.05) is 24.7 Å². The van der Waals surface area contributed by atoms with E-state index in [2.05, 4.69) is 56.2 Å². The Morgan fingerprint density at radius 2 is 2.14 bits per heavy atom. The molecule has 0 radical (unpaired) electrons. The van der Waals surface area contributed by atoms with Crippen LogP contribution in [0.4, 0.5) is 11.5 Å². The normalized spacial score (nSPS) is 15.9. The Bertz CT molecular complexity index is 726. The minimum absolute atomic E-state index is 0.475. The summed E-state index contributed by atoms with van der Waals surface area (Å²) in [6.07, 6.45) is 4.17. The zero-order chi connectivity index (χ0) is 15.7. The molecule has 0 amide bonds. The fourth-order valence-corrected chi connectivity index (χ4v) is 3.77. The standard InChI is InChI=1S/C17H20BrN3O/c1-4-20(14-5-7-22-8-6-14)17-12(2)16(19-3)10-15-9-13(18)11-21(15)17/h9-11,14H,4-8H2,1-2H3. The second-order valence-electron chi connectivity index (χ2n) is 5.67. The summed E-state index contributed by atoms with van der Waals surface area (Å²) in [7, 11) is 0. The molecule has 5 heteroatoms. The second-order valence-corrected chi connectivity index (χ2v) is 6.59. The molecule has 4 nitrogen and oxygen atoms in total. The van der Waals surface area contributed by atoms with Crippen LogP contribution >= 0.6 is 15.9 Å². The number of rotatable bonds is 3. The molecule has 2 aromatic heterocycles. The Balaban J connectivity index is 2.18. The summed E-state index contributed by atoms with van der Waals surface area (Å²) in [5.74, 6) is 1.14. The highest BCUT2D eigenvalue weighted by Gasteiger charge is 2.24. The molecule has 0 saturated carbocycles. The number of fused-ring (bicyclic) bond motifs is 1. The van der Waals surface area contributed by atoms with Crippen LogP contribution < -0.4 is 4.90 Å². The van der Waals surface area contributed by atoms with E-state index in [4.69, 9.17) is 11.3 Å². The van der Waals surface area contributed by atoms with E-state index in [0.717, 1.165) is 59.7 Å². The molecule has 2 aromatic rings. The zero-order valence-electron chi connectivity index (χ0n) is 13.0. The molecule has 1 aliphatic rings. The van der Waals surface area contributed by atoms with E-state index in [1.165, 1.54) is 0 Å². The summed E-state index contributed by atoms with van der Waals surface area (Å²) in [4.78, 5) is 6.16. The first-order chi connectivity index (χ1) is 10.7. The van der Waals surface area contributed by atoms with Crippen LogP contribution in [0.1, 0.15) is 25.3 Å². The van der Waals surface area contributed by atoms with Crippen LogP contribution in [-0.4, -0.2) is 30.2 Å². The maximum Gasteiger partial charge on any atom is 0.195 e. The predicted octanol–water partition coefficient (Wildman–Crippen LogP) is 4.57. The summed E-state index contributed by atoms with van der Waals surface area (Å²) in [6.45, 7) is 14.3. The maximum atomic E-state index is 7.47. The second kappa shape index (κ2) is 6.31. The maximum absolute atomic E-state index is 7.47. The number of halogens is 1. The zero-order valence-corrected chi connectivity index (χ0v) is 14.6. The minimum atomic E-state index is 0.475. The topological polar surface area (TPSA) is 21.2 Å². The summed E-state index contributed by atoms with van der Waals surface area (Å²) in [6, 6.07) is 4.51. The molecular weight excluding hydrogens is 342 g/mol. The molecule has 0 spiro atoms. The molecule has 0 aliphatic carbocycles. The van der Waals surface area contributed by atoms with Crippen LogP contribution in [0.5, 0.6) is 0 Å². The van der Waals surface area contributed by atoms with Crippen molar-refractivity contribution in [2.24, 2.45) is 0 Å². The van der Waals surface area contributed by atoms with Crippen LogP contribution in [0.25, 0.3) is 10.4 Å². The molecule has 0 bridgehead atoms. The lowest BCUT2D eigenvalue weighted by atomic mass is 10.1. The lowest BCUT2D eigenvalue weighted by molar-refractivity contribution is 0.0844. The Morgan fingerprint density at radius 1 is 1.41 bits per heavy atom.